The van der Waals surface area contributed by atoms with Gasteiger partial charge in [0.25, 0.3) is 0 Å². The molecule has 2 nitrogen and oxygen atoms in total. The largest absolute Gasteiger partial charge is 0.386 e. The van der Waals surface area contributed by atoms with Gasteiger partial charge in [-0.3, -0.25) is 0 Å². The first kappa shape index (κ1) is 11.8. The van der Waals surface area contributed by atoms with Crippen LogP contribution in [0.4, 0.5) is 0 Å². The smallest absolute Gasteiger partial charge is 0.0917 e. The standard InChI is InChI=1S/C14H26N2/c1-12(15)16(13-8-4-2-5-9-13)14-10-6-3-7-11-14/h13-14H,1-11,15H2. The van der Waals surface area contributed by atoms with Gasteiger partial charge in [-0.15, -0.1) is 0 Å². The van der Waals surface area contributed by atoms with E-state index in [4.69, 9.17) is 5.73 Å². The average molecular weight is 222 g/mol. The predicted molar refractivity (Wildman–Crippen MR) is 68.9 cm³/mol. The third-order valence-corrected chi connectivity index (χ3v) is 4.27. The summed E-state index contributed by atoms with van der Waals surface area (Å²) in [5, 5.41) is 0. The van der Waals surface area contributed by atoms with Gasteiger partial charge in [-0.2, -0.15) is 0 Å². The van der Waals surface area contributed by atoms with Crippen LogP contribution in [-0.2, 0) is 0 Å². The van der Waals surface area contributed by atoms with Crippen molar-refractivity contribution in [3.63, 3.8) is 0 Å². The second-order valence-corrected chi connectivity index (χ2v) is 5.48. The Balaban J connectivity index is 1.99. The monoisotopic (exact) mass is 222 g/mol. The molecule has 0 heterocycles. The van der Waals surface area contributed by atoms with Gasteiger partial charge in [0, 0.05) is 12.1 Å². The average Bonchev–Trinajstić information content (AvgIpc) is 2.31. The number of rotatable bonds is 3. The SMILES string of the molecule is C=C(N)N(C1CCCCC1)C1CCCCC1. The maximum atomic E-state index is 6.03. The van der Waals surface area contributed by atoms with Crippen molar-refractivity contribution >= 4 is 0 Å². The van der Waals surface area contributed by atoms with Crippen LogP contribution in [0.25, 0.3) is 0 Å². The summed E-state index contributed by atoms with van der Waals surface area (Å²) in [7, 11) is 0. The zero-order chi connectivity index (χ0) is 11.4. The van der Waals surface area contributed by atoms with Gasteiger partial charge in [0.05, 0.1) is 5.82 Å². The lowest BCUT2D eigenvalue weighted by Gasteiger charge is -2.43. The highest BCUT2D eigenvalue weighted by Crippen LogP contribution is 2.31. The Bertz CT molecular complexity index is 207. The van der Waals surface area contributed by atoms with Crippen LogP contribution in [0.1, 0.15) is 64.2 Å². The number of nitrogens with two attached hydrogens (primary N) is 1. The first-order chi connectivity index (χ1) is 7.79. The Morgan fingerprint density at radius 2 is 1.19 bits per heavy atom. The van der Waals surface area contributed by atoms with E-state index < -0.39 is 0 Å². The fraction of sp³-hybridized carbons (Fsp3) is 0.857. The lowest BCUT2D eigenvalue weighted by molar-refractivity contribution is 0.117. The summed E-state index contributed by atoms with van der Waals surface area (Å²) >= 11 is 0. The van der Waals surface area contributed by atoms with Crippen molar-refractivity contribution in [2.24, 2.45) is 5.73 Å². The van der Waals surface area contributed by atoms with E-state index in [-0.39, 0.29) is 0 Å². The van der Waals surface area contributed by atoms with E-state index in [0.29, 0.717) is 12.1 Å². The number of hydrogen-bond donors (Lipinski definition) is 1. The lowest BCUT2D eigenvalue weighted by atomic mass is 9.89. The summed E-state index contributed by atoms with van der Waals surface area (Å²) in [6.45, 7) is 4.01. The molecule has 2 aliphatic rings. The van der Waals surface area contributed by atoms with Crippen LogP contribution in [0.3, 0.4) is 0 Å². The van der Waals surface area contributed by atoms with Crippen molar-refractivity contribution in [3.05, 3.63) is 12.4 Å². The molecular formula is C14H26N2. The molecular weight excluding hydrogens is 196 g/mol. The van der Waals surface area contributed by atoms with Crippen LogP contribution >= 0.6 is 0 Å². The van der Waals surface area contributed by atoms with E-state index in [0.717, 1.165) is 5.82 Å². The van der Waals surface area contributed by atoms with E-state index in [1.54, 1.807) is 0 Å². The Labute approximate surface area is 99.9 Å². The molecule has 2 fully saturated rings. The van der Waals surface area contributed by atoms with Gasteiger partial charge in [0.15, 0.2) is 0 Å². The summed E-state index contributed by atoms with van der Waals surface area (Å²) in [4.78, 5) is 2.47. The fourth-order valence-electron chi connectivity index (χ4n) is 3.49. The molecule has 0 amide bonds. The second-order valence-electron chi connectivity index (χ2n) is 5.48. The zero-order valence-electron chi connectivity index (χ0n) is 10.5. The second kappa shape index (κ2) is 5.60. The van der Waals surface area contributed by atoms with Gasteiger partial charge in [-0.05, 0) is 25.7 Å². The van der Waals surface area contributed by atoms with Gasteiger partial charge in [0.2, 0.25) is 0 Å². The quantitative estimate of drug-likeness (QED) is 0.793. The van der Waals surface area contributed by atoms with Crippen LogP contribution in [0.15, 0.2) is 12.4 Å². The molecule has 2 saturated carbocycles. The molecule has 2 heteroatoms. The number of hydrogen-bond acceptors (Lipinski definition) is 2. The molecule has 0 aliphatic heterocycles. The number of nitrogens with zero attached hydrogens (tertiary/aromatic N) is 1. The minimum Gasteiger partial charge on any atom is -0.386 e. The van der Waals surface area contributed by atoms with Crippen molar-refractivity contribution in [1.82, 2.24) is 4.90 Å². The van der Waals surface area contributed by atoms with Crippen LogP contribution in [0, 0.1) is 0 Å². The fourth-order valence-corrected chi connectivity index (χ4v) is 3.49. The van der Waals surface area contributed by atoms with Crippen molar-refractivity contribution in [2.45, 2.75) is 76.3 Å². The third-order valence-electron chi connectivity index (χ3n) is 4.27. The van der Waals surface area contributed by atoms with Gasteiger partial charge in [0.1, 0.15) is 0 Å². The van der Waals surface area contributed by atoms with Gasteiger partial charge in [-0.1, -0.05) is 45.1 Å². The van der Waals surface area contributed by atoms with E-state index in [1.807, 2.05) is 0 Å². The predicted octanol–water partition coefficient (Wildman–Crippen LogP) is 3.38. The van der Waals surface area contributed by atoms with Crippen molar-refractivity contribution in [1.29, 1.82) is 0 Å². The van der Waals surface area contributed by atoms with Crippen LogP contribution in [0.2, 0.25) is 0 Å². The van der Waals surface area contributed by atoms with Gasteiger partial charge >= 0.3 is 0 Å². The van der Waals surface area contributed by atoms with Gasteiger partial charge < -0.3 is 10.6 Å². The highest BCUT2D eigenvalue weighted by Gasteiger charge is 2.28. The Hall–Kier alpha value is -0.660. The molecule has 0 aromatic rings. The van der Waals surface area contributed by atoms with E-state index in [1.165, 1.54) is 64.2 Å². The third kappa shape index (κ3) is 2.72. The minimum atomic E-state index is 0.689. The Morgan fingerprint density at radius 1 is 0.812 bits per heavy atom. The molecule has 2 rings (SSSR count). The molecule has 0 atom stereocenters. The molecule has 92 valence electrons. The van der Waals surface area contributed by atoms with Crippen LogP contribution in [-0.4, -0.2) is 17.0 Å². The highest BCUT2D eigenvalue weighted by atomic mass is 15.2. The van der Waals surface area contributed by atoms with E-state index in [2.05, 4.69) is 11.5 Å². The van der Waals surface area contributed by atoms with Gasteiger partial charge in [-0.25, -0.2) is 0 Å². The van der Waals surface area contributed by atoms with Crippen LogP contribution in [0.5, 0.6) is 0 Å². The highest BCUT2D eigenvalue weighted by molar-refractivity contribution is 4.97. The molecule has 0 radical (unpaired) electrons. The molecule has 0 aromatic carbocycles. The molecule has 0 unspecified atom stereocenters. The summed E-state index contributed by atoms with van der Waals surface area (Å²) in [5.41, 5.74) is 6.03. The first-order valence-electron chi connectivity index (χ1n) is 7.02. The summed E-state index contributed by atoms with van der Waals surface area (Å²) in [6, 6.07) is 1.38. The van der Waals surface area contributed by atoms with E-state index in [9.17, 15) is 0 Å². The summed E-state index contributed by atoms with van der Waals surface area (Å²) < 4.78 is 0. The van der Waals surface area contributed by atoms with Crippen LogP contribution < -0.4 is 5.73 Å². The molecule has 0 spiro atoms. The Kier molecular flexibility index (Phi) is 4.14. The molecule has 16 heavy (non-hydrogen) atoms. The maximum absolute atomic E-state index is 6.03. The van der Waals surface area contributed by atoms with Crippen molar-refractivity contribution in [3.8, 4) is 0 Å². The zero-order valence-corrected chi connectivity index (χ0v) is 10.5. The molecule has 0 saturated heterocycles. The molecule has 2 aliphatic carbocycles. The molecule has 2 N–H and O–H groups in total. The minimum absolute atomic E-state index is 0.689. The van der Waals surface area contributed by atoms with Crippen molar-refractivity contribution < 1.29 is 0 Å². The maximum Gasteiger partial charge on any atom is 0.0917 e. The van der Waals surface area contributed by atoms with E-state index >= 15 is 0 Å². The summed E-state index contributed by atoms with van der Waals surface area (Å²) in [5.74, 6) is 0.818. The summed E-state index contributed by atoms with van der Waals surface area (Å²) in [6.07, 6.45) is 13.6. The first-order valence-corrected chi connectivity index (χ1v) is 7.02. The lowest BCUT2D eigenvalue weighted by Crippen LogP contribution is -2.46. The topological polar surface area (TPSA) is 29.3 Å². The van der Waals surface area contributed by atoms with Crippen molar-refractivity contribution in [2.75, 3.05) is 0 Å². The molecule has 0 bridgehead atoms. The normalized spacial score (nSPS) is 24.2. The molecule has 0 aromatic heterocycles. The Morgan fingerprint density at radius 3 is 1.50 bits per heavy atom.